The summed E-state index contributed by atoms with van der Waals surface area (Å²) in [5, 5.41) is 0.747. The molecule has 2 heterocycles. The van der Waals surface area contributed by atoms with Crippen molar-refractivity contribution < 1.29 is 31.9 Å². The lowest BCUT2D eigenvalue weighted by atomic mass is 10.1. The van der Waals surface area contributed by atoms with Gasteiger partial charge in [0.15, 0.2) is 11.8 Å². The van der Waals surface area contributed by atoms with Gasteiger partial charge in [-0.25, -0.2) is 9.78 Å². The Kier molecular flexibility index (Phi) is 9.18. The fourth-order valence-corrected chi connectivity index (χ4v) is 6.03. The van der Waals surface area contributed by atoms with Crippen LogP contribution in [-0.2, 0) is 27.2 Å². The van der Waals surface area contributed by atoms with Gasteiger partial charge >= 0.3 is 12.1 Å². The average molecular weight is 613 g/mol. The summed E-state index contributed by atoms with van der Waals surface area (Å²) in [7, 11) is 0. The molecule has 6 nitrogen and oxygen atoms in total. The normalized spacial score (nSPS) is 11.6. The van der Waals surface area contributed by atoms with Crippen LogP contribution in [0.1, 0.15) is 29.4 Å². The van der Waals surface area contributed by atoms with Gasteiger partial charge in [0.1, 0.15) is 17.3 Å². The molecule has 42 heavy (non-hydrogen) atoms. The molecule has 0 aliphatic carbocycles. The molecule has 11 heteroatoms. The summed E-state index contributed by atoms with van der Waals surface area (Å²) in [6.45, 7) is 3.78. The fourth-order valence-electron chi connectivity index (χ4n) is 4.18. The Morgan fingerprint density at radius 2 is 1.79 bits per heavy atom. The maximum atomic E-state index is 13.1. The number of ether oxygens (including phenoxy) is 2. The van der Waals surface area contributed by atoms with E-state index in [1.54, 1.807) is 18.7 Å². The monoisotopic (exact) mass is 612 g/mol. The average Bonchev–Trinajstić information content (AvgIpc) is 3.58. The summed E-state index contributed by atoms with van der Waals surface area (Å²) in [5.74, 6) is 2.45. The molecule has 2 aromatic heterocycles. The number of alkyl halides is 3. The van der Waals surface area contributed by atoms with Crippen LogP contribution in [0, 0.1) is 6.92 Å². The van der Waals surface area contributed by atoms with E-state index >= 15 is 0 Å². The number of halogens is 3. The van der Waals surface area contributed by atoms with Crippen molar-refractivity contribution in [1.82, 2.24) is 9.97 Å². The van der Waals surface area contributed by atoms with Crippen LogP contribution >= 0.6 is 23.5 Å². The van der Waals surface area contributed by atoms with Crippen LogP contribution < -0.4 is 4.74 Å². The second kappa shape index (κ2) is 13.0. The molecule has 0 bridgehead atoms. The summed E-state index contributed by atoms with van der Waals surface area (Å²) in [4.78, 5) is 20.5. The predicted octanol–water partition coefficient (Wildman–Crippen LogP) is 8.68. The second-order valence-electron chi connectivity index (χ2n) is 9.29. The molecule has 0 saturated carbocycles. The van der Waals surface area contributed by atoms with E-state index in [1.165, 1.54) is 23.9 Å². The van der Waals surface area contributed by atoms with Gasteiger partial charge in [-0.3, -0.25) is 0 Å². The first-order chi connectivity index (χ1) is 20.2. The molecule has 5 aromatic rings. The van der Waals surface area contributed by atoms with Crippen molar-refractivity contribution in [1.29, 1.82) is 0 Å². The number of esters is 1. The molecule has 3 aromatic carbocycles. The standard InChI is InChI=1S/C31H27F3N2O4S2/c1-3-38-29(37)16-39-26-13-12-23(14-19(26)2)41-17-21-15-27(20-8-10-22(11-9-20)31(32,33)34)40-28(21)18-42-30-35-24-6-4-5-7-25(24)36-30/h4-15H,3,16-18H2,1-2H3,(H,35,36). The number of rotatable bonds is 11. The van der Waals surface area contributed by atoms with E-state index in [2.05, 4.69) is 9.97 Å². The predicted molar refractivity (Wildman–Crippen MR) is 158 cm³/mol. The number of aryl methyl sites for hydroxylation is 1. The van der Waals surface area contributed by atoms with Crippen LogP contribution in [0.3, 0.4) is 0 Å². The lowest BCUT2D eigenvalue weighted by molar-refractivity contribution is -0.145. The number of carbonyl (C=O) groups is 1. The summed E-state index contributed by atoms with van der Waals surface area (Å²) < 4.78 is 56.0. The van der Waals surface area contributed by atoms with Crippen LogP contribution in [0.5, 0.6) is 5.75 Å². The number of benzene rings is 3. The molecule has 0 radical (unpaired) electrons. The molecule has 218 valence electrons. The van der Waals surface area contributed by atoms with Gasteiger partial charge in [0.25, 0.3) is 0 Å². The summed E-state index contributed by atoms with van der Waals surface area (Å²) in [6.07, 6.45) is -4.41. The zero-order chi connectivity index (χ0) is 29.7. The third kappa shape index (κ3) is 7.32. The second-order valence-corrected chi connectivity index (χ2v) is 11.3. The van der Waals surface area contributed by atoms with Gasteiger partial charge in [0, 0.05) is 21.8 Å². The van der Waals surface area contributed by atoms with Crippen LogP contribution in [0.15, 0.2) is 87.3 Å². The van der Waals surface area contributed by atoms with Crippen molar-refractivity contribution in [3.8, 4) is 17.1 Å². The highest BCUT2D eigenvalue weighted by Crippen LogP contribution is 2.36. The SMILES string of the molecule is CCOC(=O)COc1ccc(SCc2cc(-c3ccc(C(F)(F)F)cc3)oc2CSc2nc3ccccc3[nH]2)cc1C. The first kappa shape index (κ1) is 29.7. The van der Waals surface area contributed by atoms with Crippen LogP contribution in [0.25, 0.3) is 22.4 Å². The molecule has 0 amide bonds. The third-order valence-corrected chi connectivity index (χ3v) is 8.21. The zero-order valence-electron chi connectivity index (χ0n) is 22.8. The quantitative estimate of drug-likeness (QED) is 0.118. The Morgan fingerprint density at radius 3 is 2.50 bits per heavy atom. The summed E-state index contributed by atoms with van der Waals surface area (Å²) >= 11 is 3.09. The van der Waals surface area contributed by atoms with Gasteiger partial charge in [-0.1, -0.05) is 36.0 Å². The largest absolute Gasteiger partial charge is 0.482 e. The van der Waals surface area contributed by atoms with Crippen LogP contribution in [0.2, 0.25) is 0 Å². The van der Waals surface area contributed by atoms with E-state index in [1.807, 2.05) is 55.5 Å². The summed E-state index contributed by atoms with van der Waals surface area (Å²) in [6, 6.07) is 20.3. The molecule has 0 fully saturated rings. The zero-order valence-corrected chi connectivity index (χ0v) is 24.4. The van der Waals surface area contributed by atoms with E-state index in [0.717, 1.165) is 44.3 Å². The van der Waals surface area contributed by atoms with E-state index in [9.17, 15) is 18.0 Å². The third-order valence-electron chi connectivity index (χ3n) is 6.29. The van der Waals surface area contributed by atoms with Crippen molar-refractivity contribution in [2.24, 2.45) is 0 Å². The number of imidazole rings is 1. The van der Waals surface area contributed by atoms with E-state index < -0.39 is 17.7 Å². The molecule has 0 saturated heterocycles. The van der Waals surface area contributed by atoms with Crippen LogP contribution in [-0.4, -0.2) is 29.2 Å². The maximum absolute atomic E-state index is 13.1. The van der Waals surface area contributed by atoms with Crippen molar-refractivity contribution in [2.75, 3.05) is 13.2 Å². The maximum Gasteiger partial charge on any atom is 0.416 e. The van der Waals surface area contributed by atoms with Crippen molar-refractivity contribution in [3.63, 3.8) is 0 Å². The highest BCUT2D eigenvalue weighted by molar-refractivity contribution is 7.98. The molecule has 1 N–H and O–H groups in total. The van der Waals surface area contributed by atoms with E-state index in [-0.39, 0.29) is 6.61 Å². The molecular formula is C31H27F3N2O4S2. The molecular weight excluding hydrogens is 585 g/mol. The van der Waals surface area contributed by atoms with Crippen molar-refractivity contribution in [3.05, 3.63) is 95.2 Å². The van der Waals surface area contributed by atoms with Gasteiger partial charge in [-0.05, 0) is 67.9 Å². The number of aromatic nitrogens is 2. The number of H-pyrrole nitrogens is 1. The number of carbonyl (C=O) groups excluding carboxylic acids is 1. The lowest BCUT2D eigenvalue weighted by Crippen LogP contribution is -2.14. The highest BCUT2D eigenvalue weighted by atomic mass is 32.2. The smallest absolute Gasteiger partial charge is 0.416 e. The minimum Gasteiger partial charge on any atom is -0.482 e. The van der Waals surface area contributed by atoms with Gasteiger partial charge in [0.05, 0.1) is 29.0 Å². The number of thioether (sulfide) groups is 2. The molecule has 0 aliphatic rings. The number of nitrogens with zero attached hydrogens (tertiary/aromatic N) is 1. The number of nitrogens with one attached hydrogen (secondary N) is 1. The van der Waals surface area contributed by atoms with Crippen molar-refractivity contribution >= 4 is 40.5 Å². The Labute approximate surface area is 249 Å². The lowest BCUT2D eigenvalue weighted by Gasteiger charge is -2.10. The molecule has 5 rings (SSSR count). The minimum absolute atomic E-state index is 0.158. The first-order valence-electron chi connectivity index (χ1n) is 13.1. The first-order valence-corrected chi connectivity index (χ1v) is 15.1. The molecule has 0 spiro atoms. The number of furan rings is 1. The number of hydrogen-bond donors (Lipinski definition) is 1. The topological polar surface area (TPSA) is 77.3 Å². The fraction of sp³-hybridized carbons (Fsp3) is 0.226. The Morgan fingerprint density at radius 1 is 1.00 bits per heavy atom. The van der Waals surface area contributed by atoms with E-state index in [4.69, 9.17) is 13.9 Å². The molecule has 0 aliphatic heterocycles. The minimum atomic E-state index is -4.41. The van der Waals surface area contributed by atoms with Gasteiger partial charge in [0.2, 0.25) is 0 Å². The number of fused-ring (bicyclic) bond motifs is 1. The van der Waals surface area contributed by atoms with Gasteiger partial charge in [-0.15, -0.1) is 11.8 Å². The molecule has 0 atom stereocenters. The van der Waals surface area contributed by atoms with Crippen LogP contribution in [0.4, 0.5) is 13.2 Å². The number of para-hydroxylation sites is 2. The summed E-state index contributed by atoms with van der Waals surface area (Å²) in [5.41, 5.74) is 3.46. The molecule has 0 unspecified atom stereocenters. The Balaban J connectivity index is 1.33. The van der Waals surface area contributed by atoms with Gasteiger partial charge < -0.3 is 18.9 Å². The van der Waals surface area contributed by atoms with Gasteiger partial charge in [-0.2, -0.15) is 13.2 Å². The highest BCUT2D eigenvalue weighted by Gasteiger charge is 2.30. The Hall–Kier alpha value is -3.83. The van der Waals surface area contributed by atoms with E-state index in [0.29, 0.717) is 40.9 Å². The number of hydrogen-bond acceptors (Lipinski definition) is 7. The van der Waals surface area contributed by atoms with Crippen molar-refractivity contribution in [2.45, 2.75) is 41.6 Å². The Bertz CT molecular complexity index is 1650. The number of aromatic amines is 1.